The summed E-state index contributed by atoms with van der Waals surface area (Å²) >= 11 is 0. The average Bonchev–Trinajstić information content (AvgIpc) is 2.37. The fourth-order valence-corrected chi connectivity index (χ4v) is 1.56. The van der Waals surface area contributed by atoms with Crippen molar-refractivity contribution in [1.82, 2.24) is 4.98 Å². The van der Waals surface area contributed by atoms with Crippen LogP contribution >= 0.6 is 0 Å². The number of rotatable bonds is 2. The molecule has 0 aliphatic rings. The molecular weight excluding hydrogens is 245 g/mol. The molecule has 0 fully saturated rings. The fraction of sp³-hybridized carbons (Fsp3) is 0.143. The summed E-state index contributed by atoms with van der Waals surface area (Å²) in [6.07, 6.45) is 1.59. The first-order chi connectivity index (χ1) is 9.06. The Morgan fingerprint density at radius 2 is 1.95 bits per heavy atom. The van der Waals surface area contributed by atoms with Gasteiger partial charge < -0.3 is 5.32 Å². The maximum absolute atomic E-state index is 13.3. The van der Waals surface area contributed by atoms with E-state index in [-0.39, 0.29) is 5.82 Å². The highest BCUT2D eigenvalue weighted by Gasteiger charge is 2.06. The van der Waals surface area contributed by atoms with Gasteiger partial charge in [-0.3, -0.25) is 5.32 Å². The molecule has 0 aliphatic carbocycles. The summed E-state index contributed by atoms with van der Waals surface area (Å²) in [7, 11) is 0. The number of carbonyl (C=O) groups is 1. The van der Waals surface area contributed by atoms with Gasteiger partial charge in [0.25, 0.3) is 0 Å². The SMILES string of the molecule is Cc1ccc(NC(=O)Nc2ncccc2C)cc1F. The van der Waals surface area contributed by atoms with Crippen LogP contribution in [0.3, 0.4) is 0 Å². The topological polar surface area (TPSA) is 54.0 Å². The van der Waals surface area contributed by atoms with Gasteiger partial charge in [0.2, 0.25) is 0 Å². The fourth-order valence-electron chi connectivity index (χ4n) is 1.56. The molecule has 4 nitrogen and oxygen atoms in total. The van der Waals surface area contributed by atoms with E-state index in [0.29, 0.717) is 17.1 Å². The zero-order chi connectivity index (χ0) is 13.8. The largest absolute Gasteiger partial charge is 0.324 e. The number of halogens is 1. The summed E-state index contributed by atoms with van der Waals surface area (Å²) in [5.41, 5.74) is 1.79. The number of urea groups is 1. The van der Waals surface area contributed by atoms with Crippen molar-refractivity contribution in [3.05, 3.63) is 53.5 Å². The van der Waals surface area contributed by atoms with Crippen molar-refractivity contribution >= 4 is 17.5 Å². The average molecular weight is 259 g/mol. The summed E-state index contributed by atoms with van der Waals surface area (Å²) in [5, 5.41) is 5.16. The molecule has 1 heterocycles. The Bertz CT molecular complexity index is 613. The van der Waals surface area contributed by atoms with E-state index in [9.17, 15) is 9.18 Å². The first-order valence-corrected chi connectivity index (χ1v) is 5.82. The van der Waals surface area contributed by atoms with E-state index in [2.05, 4.69) is 15.6 Å². The Kier molecular flexibility index (Phi) is 3.75. The minimum Gasteiger partial charge on any atom is -0.308 e. The maximum Gasteiger partial charge on any atom is 0.324 e. The number of nitrogens with one attached hydrogen (secondary N) is 2. The number of hydrogen-bond acceptors (Lipinski definition) is 2. The van der Waals surface area contributed by atoms with E-state index in [1.54, 1.807) is 31.3 Å². The van der Waals surface area contributed by atoms with Crippen LogP contribution in [0.15, 0.2) is 36.5 Å². The molecule has 5 heteroatoms. The summed E-state index contributed by atoms with van der Waals surface area (Å²) in [6, 6.07) is 7.70. The van der Waals surface area contributed by atoms with E-state index in [4.69, 9.17) is 0 Å². The van der Waals surface area contributed by atoms with Crippen molar-refractivity contribution in [1.29, 1.82) is 0 Å². The number of aryl methyl sites for hydroxylation is 2. The van der Waals surface area contributed by atoms with E-state index in [0.717, 1.165) is 5.56 Å². The third kappa shape index (κ3) is 3.28. The quantitative estimate of drug-likeness (QED) is 0.867. The molecule has 0 saturated heterocycles. The van der Waals surface area contributed by atoms with Crippen LogP contribution in [0, 0.1) is 19.7 Å². The summed E-state index contributed by atoms with van der Waals surface area (Å²) in [6.45, 7) is 3.50. The van der Waals surface area contributed by atoms with Gasteiger partial charge in [-0.1, -0.05) is 12.1 Å². The Morgan fingerprint density at radius 3 is 2.63 bits per heavy atom. The Balaban J connectivity index is 2.05. The normalized spacial score (nSPS) is 10.1. The third-order valence-electron chi connectivity index (χ3n) is 2.67. The van der Waals surface area contributed by atoms with Crippen LogP contribution in [0.2, 0.25) is 0 Å². The molecule has 0 aliphatic heterocycles. The van der Waals surface area contributed by atoms with E-state index in [1.807, 2.05) is 13.0 Å². The maximum atomic E-state index is 13.3. The van der Waals surface area contributed by atoms with Crippen LogP contribution in [0.1, 0.15) is 11.1 Å². The highest BCUT2D eigenvalue weighted by atomic mass is 19.1. The Labute approximate surface area is 110 Å². The number of pyridine rings is 1. The predicted molar refractivity (Wildman–Crippen MR) is 72.8 cm³/mol. The van der Waals surface area contributed by atoms with Gasteiger partial charge in [0, 0.05) is 11.9 Å². The number of carbonyl (C=O) groups excluding carboxylic acids is 1. The number of nitrogens with zero attached hydrogens (tertiary/aromatic N) is 1. The molecule has 2 amide bonds. The summed E-state index contributed by atoms with van der Waals surface area (Å²) < 4.78 is 13.3. The number of amides is 2. The van der Waals surface area contributed by atoms with Crippen molar-refractivity contribution in [2.45, 2.75) is 13.8 Å². The molecule has 1 aromatic heterocycles. The highest BCUT2D eigenvalue weighted by Crippen LogP contribution is 2.14. The molecule has 0 unspecified atom stereocenters. The van der Waals surface area contributed by atoms with E-state index < -0.39 is 6.03 Å². The molecule has 2 rings (SSSR count). The van der Waals surface area contributed by atoms with Crippen LogP contribution in [-0.2, 0) is 0 Å². The van der Waals surface area contributed by atoms with Crippen LogP contribution in [-0.4, -0.2) is 11.0 Å². The van der Waals surface area contributed by atoms with Crippen LogP contribution < -0.4 is 10.6 Å². The van der Waals surface area contributed by atoms with Gasteiger partial charge >= 0.3 is 6.03 Å². The first-order valence-electron chi connectivity index (χ1n) is 5.82. The third-order valence-corrected chi connectivity index (χ3v) is 2.67. The van der Waals surface area contributed by atoms with Crippen LogP contribution in [0.5, 0.6) is 0 Å². The predicted octanol–water partition coefficient (Wildman–Crippen LogP) is 3.48. The zero-order valence-electron chi connectivity index (χ0n) is 10.7. The second-order valence-electron chi connectivity index (χ2n) is 4.21. The molecular formula is C14H14FN3O. The van der Waals surface area contributed by atoms with Crippen LogP contribution in [0.25, 0.3) is 0 Å². The number of aromatic nitrogens is 1. The summed E-state index contributed by atoms with van der Waals surface area (Å²) in [4.78, 5) is 15.8. The molecule has 2 aromatic rings. The second-order valence-corrected chi connectivity index (χ2v) is 4.21. The minimum absolute atomic E-state index is 0.355. The van der Waals surface area contributed by atoms with Gasteiger partial charge in [-0.05, 0) is 43.2 Å². The number of anilines is 2. The first kappa shape index (κ1) is 13.0. The van der Waals surface area contributed by atoms with Gasteiger partial charge in [0.1, 0.15) is 11.6 Å². The zero-order valence-corrected chi connectivity index (χ0v) is 10.7. The van der Waals surface area contributed by atoms with Crippen LogP contribution in [0.4, 0.5) is 20.7 Å². The number of benzene rings is 1. The smallest absolute Gasteiger partial charge is 0.308 e. The lowest BCUT2D eigenvalue weighted by Gasteiger charge is -2.09. The Morgan fingerprint density at radius 1 is 1.16 bits per heavy atom. The second kappa shape index (κ2) is 5.48. The van der Waals surface area contributed by atoms with Gasteiger partial charge in [-0.2, -0.15) is 0 Å². The van der Waals surface area contributed by atoms with Crippen molar-refractivity contribution in [2.75, 3.05) is 10.6 Å². The molecule has 0 saturated carbocycles. The molecule has 0 spiro atoms. The molecule has 1 aromatic carbocycles. The van der Waals surface area contributed by atoms with Gasteiger partial charge in [0.05, 0.1) is 0 Å². The van der Waals surface area contributed by atoms with Crippen molar-refractivity contribution in [3.8, 4) is 0 Å². The summed E-state index contributed by atoms with van der Waals surface area (Å²) in [5.74, 6) is 0.124. The molecule has 98 valence electrons. The van der Waals surface area contributed by atoms with Crippen molar-refractivity contribution in [2.24, 2.45) is 0 Å². The molecule has 0 bridgehead atoms. The monoisotopic (exact) mass is 259 g/mol. The highest BCUT2D eigenvalue weighted by molar-refractivity contribution is 5.99. The minimum atomic E-state index is -0.454. The lowest BCUT2D eigenvalue weighted by molar-refractivity contribution is 0.262. The molecule has 19 heavy (non-hydrogen) atoms. The van der Waals surface area contributed by atoms with E-state index >= 15 is 0 Å². The van der Waals surface area contributed by atoms with Gasteiger partial charge in [-0.15, -0.1) is 0 Å². The number of hydrogen-bond donors (Lipinski definition) is 2. The van der Waals surface area contributed by atoms with Crippen molar-refractivity contribution < 1.29 is 9.18 Å². The lowest BCUT2D eigenvalue weighted by atomic mass is 10.2. The van der Waals surface area contributed by atoms with Gasteiger partial charge in [-0.25, -0.2) is 14.2 Å². The van der Waals surface area contributed by atoms with E-state index in [1.165, 1.54) is 6.07 Å². The van der Waals surface area contributed by atoms with Crippen molar-refractivity contribution in [3.63, 3.8) is 0 Å². The standard InChI is InChI=1S/C14H14FN3O/c1-9-5-6-11(8-12(9)15)17-14(19)18-13-10(2)4-3-7-16-13/h3-8H,1-2H3,(H2,16,17,18,19). The molecule has 2 N–H and O–H groups in total. The van der Waals surface area contributed by atoms with Gasteiger partial charge in [0.15, 0.2) is 0 Å². The lowest BCUT2D eigenvalue weighted by Crippen LogP contribution is -2.20. The molecule has 0 atom stereocenters. The molecule has 0 radical (unpaired) electrons. The Hall–Kier alpha value is -2.43.